The maximum atomic E-state index is 11.7. The number of rotatable bonds is 9. The van der Waals surface area contributed by atoms with Gasteiger partial charge in [0.05, 0.1) is 0 Å². The summed E-state index contributed by atoms with van der Waals surface area (Å²) in [7, 11) is 0. The molecule has 134 valence electrons. The summed E-state index contributed by atoms with van der Waals surface area (Å²) in [4.78, 5) is 23.4. The molecule has 4 nitrogen and oxygen atoms in total. The lowest BCUT2D eigenvalue weighted by Gasteiger charge is -2.08. The SMILES string of the molecule is CC(C)c1ccc(CCNC(=O)COC(=O)CCc2ccsc2)cc1. The third-order valence-corrected chi connectivity index (χ3v) is 4.68. The monoisotopic (exact) mass is 359 g/mol. The van der Waals surface area contributed by atoms with Gasteiger partial charge in [-0.2, -0.15) is 11.3 Å². The summed E-state index contributed by atoms with van der Waals surface area (Å²) in [6.07, 6.45) is 1.71. The first-order chi connectivity index (χ1) is 12.0. The van der Waals surface area contributed by atoms with Crippen molar-refractivity contribution in [2.75, 3.05) is 13.2 Å². The molecule has 0 aliphatic rings. The predicted molar refractivity (Wildman–Crippen MR) is 101 cm³/mol. The molecular formula is C20H25NO3S. The lowest BCUT2D eigenvalue weighted by molar-refractivity contribution is -0.148. The summed E-state index contributed by atoms with van der Waals surface area (Å²) in [5.41, 5.74) is 3.61. The molecular weight excluding hydrogens is 334 g/mol. The zero-order chi connectivity index (χ0) is 18.1. The normalized spacial score (nSPS) is 10.7. The minimum Gasteiger partial charge on any atom is -0.456 e. The van der Waals surface area contributed by atoms with Crippen molar-refractivity contribution in [3.8, 4) is 0 Å². The number of amides is 1. The molecule has 0 radical (unpaired) electrons. The van der Waals surface area contributed by atoms with Gasteiger partial charge in [-0.3, -0.25) is 9.59 Å². The second kappa shape index (κ2) is 9.99. The topological polar surface area (TPSA) is 55.4 Å². The Morgan fingerprint density at radius 1 is 1.08 bits per heavy atom. The molecule has 5 heteroatoms. The lowest BCUT2D eigenvalue weighted by Crippen LogP contribution is -2.30. The Morgan fingerprint density at radius 3 is 2.48 bits per heavy atom. The third kappa shape index (κ3) is 7.10. The van der Waals surface area contributed by atoms with E-state index in [1.165, 1.54) is 11.1 Å². The van der Waals surface area contributed by atoms with Gasteiger partial charge in [-0.15, -0.1) is 0 Å². The highest BCUT2D eigenvalue weighted by atomic mass is 32.1. The number of benzene rings is 1. The fourth-order valence-corrected chi connectivity index (χ4v) is 3.07. The molecule has 0 spiro atoms. The molecule has 1 heterocycles. The first-order valence-corrected chi connectivity index (χ1v) is 9.51. The number of esters is 1. The van der Waals surface area contributed by atoms with E-state index in [0.29, 0.717) is 25.3 Å². The second-order valence-electron chi connectivity index (χ2n) is 6.29. The fourth-order valence-electron chi connectivity index (χ4n) is 2.37. The Kier molecular flexibility index (Phi) is 7.67. The molecule has 25 heavy (non-hydrogen) atoms. The Morgan fingerprint density at radius 2 is 1.84 bits per heavy atom. The minimum atomic E-state index is -0.342. The Hall–Kier alpha value is -2.14. The first kappa shape index (κ1) is 19.2. The molecule has 0 saturated carbocycles. The smallest absolute Gasteiger partial charge is 0.306 e. The zero-order valence-corrected chi connectivity index (χ0v) is 15.6. The molecule has 1 amide bonds. The van der Waals surface area contributed by atoms with E-state index < -0.39 is 0 Å². The van der Waals surface area contributed by atoms with Crippen LogP contribution in [0.25, 0.3) is 0 Å². The summed E-state index contributed by atoms with van der Waals surface area (Å²) < 4.78 is 5.00. The summed E-state index contributed by atoms with van der Waals surface area (Å²) in [5.74, 6) is -0.0866. The zero-order valence-electron chi connectivity index (χ0n) is 14.8. The van der Waals surface area contributed by atoms with Crippen LogP contribution in [0, 0.1) is 0 Å². The average Bonchev–Trinajstić information content (AvgIpc) is 3.12. The average molecular weight is 359 g/mol. The standard InChI is InChI=1S/C20H25NO3S/c1-15(2)18-6-3-16(4-7-18)9-11-21-19(22)13-24-20(23)8-5-17-10-12-25-14-17/h3-4,6-7,10,12,14-15H,5,8-9,11,13H2,1-2H3,(H,21,22). The highest BCUT2D eigenvalue weighted by Gasteiger charge is 2.08. The largest absolute Gasteiger partial charge is 0.456 e. The third-order valence-electron chi connectivity index (χ3n) is 3.94. The van der Waals surface area contributed by atoms with Gasteiger partial charge in [0.25, 0.3) is 5.91 Å². The van der Waals surface area contributed by atoms with E-state index in [2.05, 4.69) is 43.4 Å². The fraction of sp³-hybridized carbons (Fsp3) is 0.400. The van der Waals surface area contributed by atoms with Crippen molar-refractivity contribution in [3.05, 3.63) is 57.8 Å². The number of hydrogen-bond acceptors (Lipinski definition) is 4. The molecule has 2 rings (SSSR count). The molecule has 0 aliphatic carbocycles. The Labute approximate surface area is 153 Å². The summed E-state index contributed by atoms with van der Waals surface area (Å²) >= 11 is 1.60. The molecule has 0 bridgehead atoms. The highest BCUT2D eigenvalue weighted by Crippen LogP contribution is 2.14. The molecule has 0 atom stereocenters. The number of nitrogens with one attached hydrogen (secondary N) is 1. The Balaban J connectivity index is 1.59. The molecule has 0 saturated heterocycles. The predicted octanol–water partition coefficient (Wildman–Crippen LogP) is 3.71. The van der Waals surface area contributed by atoms with Crippen molar-refractivity contribution < 1.29 is 14.3 Å². The van der Waals surface area contributed by atoms with Crippen LogP contribution >= 0.6 is 11.3 Å². The van der Waals surface area contributed by atoms with Gasteiger partial charge in [0.1, 0.15) is 0 Å². The van der Waals surface area contributed by atoms with Crippen LogP contribution in [0.5, 0.6) is 0 Å². The van der Waals surface area contributed by atoms with E-state index in [0.717, 1.165) is 12.0 Å². The maximum Gasteiger partial charge on any atom is 0.306 e. The molecule has 1 aromatic carbocycles. The van der Waals surface area contributed by atoms with Gasteiger partial charge < -0.3 is 10.1 Å². The van der Waals surface area contributed by atoms with Crippen LogP contribution in [0.2, 0.25) is 0 Å². The van der Waals surface area contributed by atoms with Crippen molar-refractivity contribution in [3.63, 3.8) is 0 Å². The summed E-state index contributed by atoms with van der Waals surface area (Å²) in [6, 6.07) is 10.4. The molecule has 0 fully saturated rings. The van der Waals surface area contributed by atoms with Crippen molar-refractivity contribution in [2.24, 2.45) is 0 Å². The van der Waals surface area contributed by atoms with Gasteiger partial charge in [0.15, 0.2) is 6.61 Å². The van der Waals surface area contributed by atoms with Crippen LogP contribution < -0.4 is 5.32 Å². The number of hydrogen-bond donors (Lipinski definition) is 1. The first-order valence-electron chi connectivity index (χ1n) is 8.57. The number of thiophene rings is 1. The van der Waals surface area contributed by atoms with Gasteiger partial charge in [0.2, 0.25) is 0 Å². The van der Waals surface area contributed by atoms with Crippen molar-refractivity contribution >= 4 is 23.2 Å². The maximum absolute atomic E-state index is 11.7. The van der Waals surface area contributed by atoms with E-state index in [4.69, 9.17) is 4.74 Å². The van der Waals surface area contributed by atoms with E-state index in [1.807, 2.05) is 16.8 Å². The number of carbonyl (C=O) groups is 2. The van der Waals surface area contributed by atoms with Crippen LogP contribution in [0.3, 0.4) is 0 Å². The molecule has 0 unspecified atom stereocenters. The molecule has 2 aromatic rings. The second-order valence-corrected chi connectivity index (χ2v) is 7.07. The quantitative estimate of drug-likeness (QED) is 0.695. The van der Waals surface area contributed by atoms with Gasteiger partial charge in [-0.05, 0) is 52.3 Å². The van der Waals surface area contributed by atoms with E-state index in [-0.39, 0.29) is 18.5 Å². The van der Waals surface area contributed by atoms with Gasteiger partial charge >= 0.3 is 5.97 Å². The highest BCUT2D eigenvalue weighted by molar-refractivity contribution is 7.07. The lowest BCUT2D eigenvalue weighted by atomic mass is 10.0. The number of carbonyl (C=O) groups excluding carboxylic acids is 2. The number of aryl methyl sites for hydroxylation is 1. The van der Waals surface area contributed by atoms with E-state index in [1.54, 1.807) is 11.3 Å². The summed E-state index contributed by atoms with van der Waals surface area (Å²) in [6.45, 7) is 4.65. The van der Waals surface area contributed by atoms with Crippen LogP contribution in [0.1, 0.15) is 42.9 Å². The van der Waals surface area contributed by atoms with Crippen LogP contribution in [0.15, 0.2) is 41.1 Å². The molecule has 1 N–H and O–H groups in total. The van der Waals surface area contributed by atoms with Crippen molar-refractivity contribution in [2.45, 2.75) is 39.0 Å². The van der Waals surface area contributed by atoms with Crippen LogP contribution in [-0.4, -0.2) is 25.0 Å². The van der Waals surface area contributed by atoms with Gasteiger partial charge in [-0.25, -0.2) is 0 Å². The van der Waals surface area contributed by atoms with Crippen molar-refractivity contribution in [1.29, 1.82) is 0 Å². The van der Waals surface area contributed by atoms with Crippen molar-refractivity contribution in [1.82, 2.24) is 5.32 Å². The molecule has 0 aliphatic heterocycles. The Bertz CT molecular complexity index is 663. The summed E-state index contributed by atoms with van der Waals surface area (Å²) in [5, 5.41) is 6.76. The van der Waals surface area contributed by atoms with E-state index in [9.17, 15) is 9.59 Å². The molecule has 1 aromatic heterocycles. The van der Waals surface area contributed by atoms with Crippen LogP contribution in [-0.2, 0) is 27.2 Å². The number of ether oxygens (including phenoxy) is 1. The van der Waals surface area contributed by atoms with Crippen LogP contribution in [0.4, 0.5) is 0 Å². The van der Waals surface area contributed by atoms with Gasteiger partial charge in [-0.1, -0.05) is 38.1 Å². The van der Waals surface area contributed by atoms with E-state index >= 15 is 0 Å². The van der Waals surface area contributed by atoms with Gasteiger partial charge in [0, 0.05) is 13.0 Å². The minimum absolute atomic E-state index is 0.214.